The van der Waals surface area contributed by atoms with E-state index in [-0.39, 0.29) is 23.8 Å². The largest absolute Gasteiger partial charge is 0.495 e. The number of sulfonamides is 1. The molecule has 0 aliphatic rings. The topological polar surface area (TPSA) is 102 Å². The minimum Gasteiger partial charge on any atom is -0.495 e. The van der Waals surface area contributed by atoms with Crippen molar-refractivity contribution in [2.24, 2.45) is 0 Å². The van der Waals surface area contributed by atoms with Gasteiger partial charge < -0.3 is 14.4 Å². The molecule has 2 N–H and O–H groups in total. The van der Waals surface area contributed by atoms with Crippen molar-refractivity contribution in [3.05, 3.63) is 41.8 Å². The summed E-state index contributed by atoms with van der Waals surface area (Å²) in [6, 6.07) is 6.01. The lowest BCUT2D eigenvalue weighted by Crippen LogP contribution is -2.24. The van der Waals surface area contributed by atoms with Gasteiger partial charge in [-0.2, -0.15) is 0 Å². The average Bonchev–Trinajstić information content (AvgIpc) is 2.98. The van der Waals surface area contributed by atoms with Gasteiger partial charge in [0, 0.05) is 6.07 Å². The van der Waals surface area contributed by atoms with Gasteiger partial charge >= 0.3 is 0 Å². The second-order valence-corrected chi connectivity index (χ2v) is 5.69. The van der Waals surface area contributed by atoms with E-state index in [1.807, 2.05) is 0 Å². The van der Waals surface area contributed by atoms with Gasteiger partial charge in [0.05, 0.1) is 26.0 Å². The maximum atomic E-state index is 12.2. The highest BCUT2D eigenvalue weighted by atomic mass is 32.2. The first-order valence-corrected chi connectivity index (χ1v) is 7.22. The Morgan fingerprint density at radius 1 is 1.40 bits per heavy atom. The Balaban J connectivity index is 2.28. The van der Waals surface area contributed by atoms with Crippen molar-refractivity contribution in [2.75, 3.05) is 7.11 Å². The van der Waals surface area contributed by atoms with Crippen molar-refractivity contribution in [3.63, 3.8) is 0 Å². The molecule has 7 nitrogen and oxygen atoms in total. The molecule has 0 spiro atoms. The number of aliphatic hydroxyl groups is 1. The number of nitrogens with zero attached hydrogens (tertiary/aromatic N) is 1. The zero-order chi connectivity index (χ0) is 14.6. The van der Waals surface area contributed by atoms with Gasteiger partial charge in [0.2, 0.25) is 10.0 Å². The highest BCUT2D eigenvalue weighted by Crippen LogP contribution is 2.25. The molecule has 0 fully saturated rings. The third-order valence-electron chi connectivity index (χ3n) is 2.63. The normalized spacial score (nSPS) is 11.5. The van der Waals surface area contributed by atoms with Crippen LogP contribution in [0.5, 0.6) is 5.75 Å². The van der Waals surface area contributed by atoms with Gasteiger partial charge in [0.15, 0.2) is 0 Å². The summed E-state index contributed by atoms with van der Waals surface area (Å²) in [5.41, 5.74) is 0.943. The minimum atomic E-state index is -3.78. The molecular weight excluding hydrogens is 284 g/mol. The molecule has 0 radical (unpaired) electrons. The fraction of sp³-hybridized carbons (Fsp3) is 0.250. The maximum absolute atomic E-state index is 12.2. The van der Waals surface area contributed by atoms with E-state index in [1.54, 1.807) is 12.1 Å². The lowest BCUT2D eigenvalue weighted by molar-refractivity contribution is 0.281. The van der Waals surface area contributed by atoms with E-state index in [0.717, 1.165) is 0 Å². The molecular formula is C12H14N2O5S. The van der Waals surface area contributed by atoms with Crippen LogP contribution in [0.4, 0.5) is 0 Å². The van der Waals surface area contributed by atoms with E-state index in [2.05, 4.69) is 14.4 Å². The number of hydrogen-bond donors (Lipinski definition) is 2. The van der Waals surface area contributed by atoms with Crippen LogP contribution in [0.25, 0.3) is 0 Å². The summed E-state index contributed by atoms with van der Waals surface area (Å²) in [6.45, 7) is -0.249. The molecule has 1 heterocycles. The predicted octanol–water partition coefficient (Wildman–Crippen LogP) is 0.654. The van der Waals surface area contributed by atoms with E-state index >= 15 is 0 Å². The van der Waals surface area contributed by atoms with Gasteiger partial charge in [-0.15, -0.1) is 0 Å². The molecule has 1 aromatic heterocycles. The zero-order valence-electron chi connectivity index (χ0n) is 10.7. The van der Waals surface area contributed by atoms with Gasteiger partial charge in [0.25, 0.3) is 0 Å². The minimum absolute atomic E-state index is 0.00530. The van der Waals surface area contributed by atoms with Crippen molar-refractivity contribution in [1.82, 2.24) is 9.88 Å². The highest BCUT2D eigenvalue weighted by Gasteiger charge is 2.20. The summed E-state index contributed by atoms with van der Waals surface area (Å²) in [5.74, 6) is 0.204. The molecule has 108 valence electrons. The smallest absolute Gasteiger partial charge is 0.244 e. The molecule has 0 unspecified atom stereocenters. The molecule has 0 aliphatic heterocycles. The Bertz CT molecular complexity index is 667. The third-order valence-corrected chi connectivity index (χ3v) is 4.06. The second kappa shape index (κ2) is 6.04. The number of aliphatic hydroxyl groups excluding tert-OH is 1. The maximum Gasteiger partial charge on any atom is 0.244 e. The van der Waals surface area contributed by atoms with Crippen LogP contribution in [-0.4, -0.2) is 25.8 Å². The molecule has 2 aromatic rings. The van der Waals surface area contributed by atoms with Crippen molar-refractivity contribution in [1.29, 1.82) is 0 Å². The summed E-state index contributed by atoms with van der Waals surface area (Å²) in [4.78, 5) is -0.0324. The van der Waals surface area contributed by atoms with Gasteiger partial charge in [-0.05, 0) is 17.7 Å². The van der Waals surface area contributed by atoms with Crippen LogP contribution in [0.15, 0.2) is 39.9 Å². The van der Waals surface area contributed by atoms with Crippen LogP contribution >= 0.6 is 0 Å². The molecule has 0 amide bonds. The second-order valence-electron chi connectivity index (χ2n) is 3.96. The van der Waals surface area contributed by atoms with Crippen LogP contribution in [0.1, 0.15) is 11.3 Å². The molecule has 0 saturated heterocycles. The molecule has 0 atom stereocenters. The Hall–Kier alpha value is -1.90. The number of benzene rings is 1. The molecule has 2 rings (SSSR count). The van der Waals surface area contributed by atoms with Crippen LogP contribution in [0.3, 0.4) is 0 Å². The van der Waals surface area contributed by atoms with Gasteiger partial charge in [-0.1, -0.05) is 11.2 Å². The molecule has 20 heavy (non-hydrogen) atoms. The summed E-state index contributed by atoms with van der Waals surface area (Å²) < 4.78 is 36.5. The van der Waals surface area contributed by atoms with Crippen LogP contribution in [-0.2, 0) is 23.2 Å². The van der Waals surface area contributed by atoms with E-state index in [9.17, 15) is 8.42 Å². The summed E-state index contributed by atoms with van der Waals surface area (Å²) in [6.07, 6.45) is 1.36. The molecule has 0 saturated carbocycles. The Morgan fingerprint density at radius 3 is 2.80 bits per heavy atom. The van der Waals surface area contributed by atoms with Crippen molar-refractivity contribution in [3.8, 4) is 5.75 Å². The number of hydrogen-bond acceptors (Lipinski definition) is 6. The van der Waals surface area contributed by atoms with Crippen LogP contribution in [0, 0.1) is 0 Å². The van der Waals surface area contributed by atoms with Crippen molar-refractivity contribution < 1.29 is 22.8 Å². The fourth-order valence-corrected chi connectivity index (χ4v) is 2.82. The average molecular weight is 298 g/mol. The molecule has 1 aromatic carbocycles. The van der Waals surface area contributed by atoms with E-state index < -0.39 is 10.0 Å². The molecule has 0 bridgehead atoms. The number of aromatic nitrogens is 1. The lowest BCUT2D eigenvalue weighted by atomic mass is 10.2. The zero-order valence-corrected chi connectivity index (χ0v) is 11.6. The van der Waals surface area contributed by atoms with Crippen LogP contribution in [0.2, 0.25) is 0 Å². The summed E-state index contributed by atoms with van der Waals surface area (Å²) in [5, 5.41) is 12.7. The molecule has 8 heteroatoms. The fourth-order valence-electron chi connectivity index (χ4n) is 1.60. The SMILES string of the molecule is COc1ccc(CO)cc1S(=O)(=O)NCc1ccon1. The lowest BCUT2D eigenvalue weighted by Gasteiger charge is -2.11. The number of methoxy groups -OCH3 is 1. The third kappa shape index (κ3) is 3.16. The van der Waals surface area contributed by atoms with E-state index in [4.69, 9.17) is 9.84 Å². The Kier molecular flexibility index (Phi) is 4.38. The quantitative estimate of drug-likeness (QED) is 0.812. The number of rotatable bonds is 6. The van der Waals surface area contributed by atoms with E-state index in [0.29, 0.717) is 11.3 Å². The Labute approximate surface area is 116 Å². The summed E-state index contributed by atoms with van der Waals surface area (Å²) in [7, 11) is -2.40. The number of nitrogens with one attached hydrogen (secondary N) is 1. The highest BCUT2D eigenvalue weighted by molar-refractivity contribution is 7.89. The van der Waals surface area contributed by atoms with E-state index in [1.165, 1.54) is 25.5 Å². The summed E-state index contributed by atoms with van der Waals surface area (Å²) >= 11 is 0. The van der Waals surface area contributed by atoms with Crippen molar-refractivity contribution in [2.45, 2.75) is 18.0 Å². The van der Waals surface area contributed by atoms with Gasteiger partial charge in [-0.25, -0.2) is 13.1 Å². The first-order valence-electron chi connectivity index (χ1n) is 5.73. The molecule has 0 aliphatic carbocycles. The first kappa shape index (κ1) is 14.5. The standard InChI is InChI=1S/C12H14N2O5S/c1-18-11-3-2-9(8-15)6-12(11)20(16,17)13-7-10-4-5-19-14-10/h2-6,13,15H,7-8H2,1H3. The van der Waals surface area contributed by atoms with Gasteiger partial charge in [0.1, 0.15) is 16.9 Å². The predicted molar refractivity (Wildman–Crippen MR) is 69.4 cm³/mol. The van der Waals surface area contributed by atoms with Crippen LogP contribution < -0.4 is 9.46 Å². The van der Waals surface area contributed by atoms with Crippen molar-refractivity contribution >= 4 is 10.0 Å². The Morgan fingerprint density at radius 2 is 2.20 bits per heavy atom. The van der Waals surface area contributed by atoms with Gasteiger partial charge in [-0.3, -0.25) is 0 Å². The first-order chi connectivity index (χ1) is 9.56. The number of ether oxygens (including phenoxy) is 1. The monoisotopic (exact) mass is 298 g/mol.